The molecule has 0 aliphatic carbocycles. The van der Waals surface area contributed by atoms with E-state index in [9.17, 15) is 0 Å². The minimum absolute atomic E-state index is 0.139. The summed E-state index contributed by atoms with van der Waals surface area (Å²) < 4.78 is 0. The summed E-state index contributed by atoms with van der Waals surface area (Å²) in [5.41, 5.74) is 0. The Morgan fingerprint density at radius 1 is 1.56 bits per heavy atom. The van der Waals surface area contributed by atoms with E-state index in [2.05, 4.69) is 0 Å². The quantitative estimate of drug-likeness (QED) is 0.456. The Morgan fingerprint density at radius 3 is 1.78 bits per heavy atom. The van der Waals surface area contributed by atoms with Gasteiger partial charge in [-0.05, 0) is 13.8 Å². The Labute approximate surface area is 55.3 Å². The van der Waals surface area contributed by atoms with Crippen LogP contribution >= 0.6 is 0 Å². The topological polar surface area (TPSA) is 60.7 Å². The lowest BCUT2D eigenvalue weighted by Crippen LogP contribution is -2.03. The van der Waals surface area contributed by atoms with Crippen molar-refractivity contribution >= 4 is 0 Å². The Morgan fingerprint density at radius 2 is 1.78 bits per heavy atom. The predicted molar refractivity (Wildman–Crippen MR) is 36.2 cm³/mol. The highest BCUT2D eigenvalue weighted by Gasteiger charge is 1.83. The van der Waals surface area contributed by atoms with E-state index < -0.39 is 6.10 Å². The van der Waals surface area contributed by atoms with E-state index in [0.717, 1.165) is 6.26 Å². The van der Waals surface area contributed by atoms with Gasteiger partial charge in [0.15, 0.2) is 0 Å². The Balaban J connectivity index is 0. The van der Waals surface area contributed by atoms with Crippen molar-refractivity contribution in [1.29, 1.82) is 0 Å². The van der Waals surface area contributed by atoms with Crippen molar-refractivity contribution in [3.8, 4) is 0 Å². The average Bonchev–Trinajstić information content (AvgIpc) is 1.89. The molecule has 0 fully saturated rings. The molecule has 0 heterocycles. The van der Waals surface area contributed by atoms with Crippen molar-refractivity contribution in [3.63, 3.8) is 0 Å². The van der Waals surface area contributed by atoms with Gasteiger partial charge in [0, 0.05) is 0 Å². The number of allylic oxidation sites excluding steroid dienone is 1. The molecule has 0 radical (unpaired) electrons. The second-order valence-electron chi connectivity index (χ2n) is 1.51. The molecular formula is C6H14O3. The molecular weight excluding hydrogens is 120 g/mol. The van der Waals surface area contributed by atoms with Gasteiger partial charge in [-0.15, -0.1) is 0 Å². The summed E-state index contributed by atoms with van der Waals surface area (Å²) in [6, 6.07) is 0. The van der Waals surface area contributed by atoms with Crippen LogP contribution in [0.15, 0.2) is 12.3 Å². The highest BCUT2D eigenvalue weighted by Crippen LogP contribution is 1.68. The highest BCUT2D eigenvalue weighted by atomic mass is 16.3. The second kappa shape index (κ2) is 10.4. The van der Waals surface area contributed by atoms with Gasteiger partial charge in [-0.1, -0.05) is 6.08 Å². The van der Waals surface area contributed by atoms with E-state index in [-0.39, 0.29) is 6.61 Å². The molecule has 0 aromatic rings. The Bertz CT molecular complexity index is 55.3. The number of hydrogen-bond acceptors (Lipinski definition) is 3. The molecule has 0 saturated heterocycles. The van der Waals surface area contributed by atoms with Crippen LogP contribution in [0.5, 0.6) is 0 Å². The first kappa shape index (κ1) is 11.3. The number of rotatable bonds is 1. The van der Waals surface area contributed by atoms with Crippen molar-refractivity contribution in [2.75, 3.05) is 6.61 Å². The molecule has 0 saturated carbocycles. The molecule has 0 aromatic carbocycles. The monoisotopic (exact) mass is 134 g/mol. The highest BCUT2D eigenvalue weighted by molar-refractivity contribution is 4.60. The summed E-state index contributed by atoms with van der Waals surface area (Å²) in [7, 11) is 0. The maximum Gasteiger partial charge on any atom is 0.0748 e. The van der Waals surface area contributed by atoms with Crippen molar-refractivity contribution in [1.82, 2.24) is 0 Å². The first-order valence-corrected chi connectivity index (χ1v) is 2.73. The lowest BCUT2D eigenvalue weighted by atomic mass is 10.5. The Kier molecular flexibility index (Phi) is 13.1. The first-order valence-electron chi connectivity index (χ1n) is 2.73. The van der Waals surface area contributed by atoms with E-state index in [4.69, 9.17) is 15.3 Å². The third-order valence-electron chi connectivity index (χ3n) is 0.413. The van der Waals surface area contributed by atoms with Gasteiger partial charge in [-0.2, -0.15) is 0 Å². The maximum atomic E-state index is 8.11. The average molecular weight is 134 g/mol. The van der Waals surface area contributed by atoms with Gasteiger partial charge in [-0.3, -0.25) is 0 Å². The first-order chi connectivity index (χ1) is 4.18. The summed E-state index contributed by atoms with van der Waals surface area (Å²) >= 11 is 0. The molecule has 0 aromatic heterocycles. The van der Waals surface area contributed by atoms with Crippen molar-refractivity contribution in [2.45, 2.75) is 20.0 Å². The van der Waals surface area contributed by atoms with E-state index in [1.165, 1.54) is 6.92 Å². The van der Waals surface area contributed by atoms with E-state index in [0.29, 0.717) is 0 Å². The number of hydrogen-bond donors (Lipinski definition) is 3. The largest absolute Gasteiger partial charge is 0.516 e. The molecule has 3 N–H and O–H groups in total. The zero-order valence-corrected chi connectivity index (χ0v) is 5.78. The van der Waals surface area contributed by atoms with Crippen LogP contribution in [0.3, 0.4) is 0 Å². The summed E-state index contributed by atoms with van der Waals surface area (Å²) in [5.74, 6) is 0. The van der Waals surface area contributed by atoms with Gasteiger partial charge in [0.2, 0.25) is 0 Å². The maximum absolute atomic E-state index is 8.11. The second-order valence-corrected chi connectivity index (χ2v) is 1.51. The fourth-order valence-electron chi connectivity index (χ4n) is 0. The standard InChI is InChI=1S/C3H8O2.C3H6O/c1-3(5)2-4;1-2-3-4/h3-5H,2H2,1H3;2-4H,1H3. The molecule has 0 aliphatic rings. The fourth-order valence-corrected chi connectivity index (χ4v) is 0. The zero-order valence-electron chi connectivity index (χ0n) is 5.78. The zero-order chi connectivity index (χ0) is 7.70. The molecule has 0 amide bonds. The van der Waals surface area contributed by atoms with Crippen molar-refractivity contribution in [3.05, 3.63) is 12.3 Å². The molecule has 0 aliphatic heterocycles. The third kappa shape index (κ3) is 36.7. The Hall–Kier alpha value is -0.540. The SMILES string of the molecule is CC(O)CO.CC=CO. The molecule has 0 rings (SSSR count). The van der Waals surface area contributed by atoms with Gasteiger partial charge in [0.05, 0.1) is 19.0 Å². The van der Waals surface area contributed by atoms with Crippen LogP contribution in [0.4, 0.5) is 0 Å². The molecule has 3 heteroatoms. The van der Waals surface area contributed by atoms with Crippen molar-refractivity contribution in [2.24, 2.45) is 0 Å². The van der Waals surface area contributed by atoms with E-state index in [1.54, 1.807) is 13.0 Å². The van der Waals surface area contributed by atoms with Crippen LogP contribution in [-0.2, 0) is 0 Å². The van der Waals surface area contributed by atoms with Crippen molar-refractivity contribution < 1.29 is 15.3 Å². The summed E-state index contributed by atoms with van der Waals surface area (Å²) in [6.07, 6.45) is 2.00. The number of aliphatic hydroxyl groups excluding tert-OH is 3. The molecule has 3 nitrogen and oxygen atoms in total. The van der Waals surface area contributed by atoms with Crippen LogP contribution in [0.1, 0.15) is 13.8 Å². The summed E-state index contributed by atoms with van der Waals surface area (Å²) in [5, 5.41) is 23.7. The smallest absolute Gasteiger partial charge is 0.0748 e. The fraction of sp³-hybridized carbons (Fsp3) is 0.667. The lowest BCUT2D eigenvalue weighted by Gasteiger charge is -1.90. The van der Waals surface area contributed by atoms with Crippen LogP contribution in [0, 0.1) is 0 Å². The molecule has 9 heavy (non-hydrogen) atoms. The van der Waals surface area contributed by atoms with E-state index >= 15 is 0 Å². The van der Waals surface area contributed by atoms with Crippen LogP contribution in [0.2, 0.25) is 0 Å². The van der Waals surface area contributed by atoms with Gasteiger partial charge in [0.25, 0.3) is 0 Å². The third-order valence-corrected chi connectivity index (χ3v) is 0.413. The minimum atomic E-state index is -0.560. The molecule has 56 valence electrons. The van der Waals surface area contributed by atoms with Gasteiger partial charge >= 0.3 is 0 Å². The molecule has 1 atom stereocenters. The van der Waals surface area contributed by atoms with Gasteiger partial charge in [0.1, 0.15) is 0 Å². The minimum Gasteiger partial charge on any atom is -0.516 e. The molecule has 0 spiro atoms. The molecule has 0 bridgehead atoms. The van der Waals surface area contributed by atoms with Crippen LogP contribution < -0.4 is 0 Å². The van der Waals surface area contributed by atoms with E-state index in [1.807, 2.05) is 0 Å². The number of aliphatic hydroxyl groups is 3. The summed E-state index contributed by atoms with van der Waals surface area (Å²) in [6.45, 7) is 3.14. The van der Waals surface area contributed by atoms with Crippen LogP contribution in [-0.4, -0.2) is 28.0 Å². The molecule has 1 unspecified atom stereocenters. The lowest BCUT2D eigenvalue weighted by molar-refractivity contribution is 0.110. The van der Waals surface area contributed by atoms with Gasteiger partial charge in [-0.25, -0.2) is 0 Å². The van der Waals surface area contributed by atoms with Crippen LogP contribution in [0.25, 0.3) is 0 Å². The predicted octanol–water partition coefficient (Wildman–Crippen LogP) is 0.438. The summed E-state index contributed by atoms with van der Waals surface area (Å²) in [4.78, 5) is 0. The van der Waals surface area contributed by atoms with Gasteiger partial charge < -0.3 is 15.3 Å². The normalized spacial score (nSPS) is 12.4.